The van der Waals surface area contributed by atoms with Crippen LogP contribution < -0.4 is 4.74 Å². The third kappa shape index (κ3) is 2.17. The average Bonchev–Trinajstić information content (AvgIpc) is 2.81. The van der Waals surface area contributed by atoms with Crippen molar-refractivity contribution in [3.05, 3.63) is 29.8 Å². The zero-order valence-corrected chi connectivity index (χ0v) is 10.1. The van der Waals surface area contributed by atoms with Gasteiger partial charge in [-0.3, -0.25) is 4.79 Å². The van der Waals surface area contributed by atoms with Gasteiger partial charge in [0, 0.05) is 5.92 Å². The van der Waals surface area contributed by atoms with Crippen LogP contribution >= 0.6 is 0 Å². The van der Waals surface area contributed by atoms with E-state index in [0.717, 1.165) is 5.56 Å². The maximum absolute atomic E-state index is 12.1. The molecule has 1 fully saturated rings. The first-order valence-corrected chi connectivity index (χ1v) is 5.61. The van der Waals surface area contributed by atoms with Crippen molar-refractivity contribution in [3.63, 3.8) is 0 Å². The molecular weight excluding hydrogens is 242 g/mol. The fourth-order valence-electron chi connectivity index (χ4n) is 2.60. The summed E-state index contributed by atoms with van der Waals surface area (Å²) in [5, 5.41) is 9.08. The Morgan fingerprint density at radius 3 is 2.61 bits per heavy atom. The van der Waals surface area contributed by atoms with E-state index in [2.05, 4.69) is 4.74 Å². The van der Waals surface area contributed by atoms with Gasteiger partial charge in [-0.05, 0) is 23.1 Å². The Bertz CT molecular complexity index is 471. The van der Waals surface area contributed by atoms with Gasteiger partial charge in [0.15, 0.2) is 0 Å². The summed E-state index contributed by atoms with van der Waals surface area (Å²) in [6.45, 7) is 0.844. The normalized spacial score (nSPS) is 24.9. The second kappa shape index (κ2) is 4.23. The summed E-state index contributed by atoms with van der Waals surface area (Å²) in [6.07, 6.45) is 0. The number of carboxylic acids is 1. The summed E-state index contributed by atoms with van der Waals surface area (Å²) >= 11 is 0. The van der Waals surface area contributed by atoms with Gasteiger partial charge < -0.3 is 9.84 Å². The Morgan fingerprint density at radius 2 is 2.11 bits per heavy atom. The molecule has 2 atom stereocenters. The monoisotopic (exact) mass is 256 g/mol. The van der Waals surface area contributed by atoms with Crippen LogP contribution in [0.25, 0.3) is 0 Å². The van der Waals surface area contributed by atoms with E-state index in [1.54, 1.807) is 12.1 Å². The van der Waals surface area contributed by atoms with Crippen LogP contribution in [0.15, 0.2) is 24.3 Å². The second-order valence-corrected chi connectivity index (χ2v) is 5.07. The van der Waals surface area contributed by atoms with Crippen LogP contribution in [0.5, 0.6) is 5.75 Å². The minimum atomic E-state index is -2.87. The van der Waals surface area contributed by atoms with Gasteiger partial charge in [0.05, 0.1) is 5.92 Å². The molecule has 18 heavy (non-hydrogen) atoms. The van der Waals surface area contributed by atoms with Gasteiger partial charge in [-0.2, -0.15) is 8.78 Å². The summed E-state index contributed by atoms with van der Waals surface area (Å²) in [4.78, 5) is 11.1. The molecule has 0 aliphatic heterocycles. The van der Waals surface area contributed by atoms with E-state index in [1.165, 1.54) is 12.1 Å². The fourth-order valence-corrected chi connectivity index (χ4v) is 2.60. The molecule has 1 aromatic carbocycles. The van der Waals surface area contributed by atoms with Crippen LogP contribution in [0.3, 0.4) is 0 Å². The van der Waals surface area contributed by atoms with Gasteiger partial charge in [0.25, 0.3) is 0 Å². The number of ether oxygens (including phenoxy) is 1. The van der Waals surface area contributed by atoms with Crippen LogP contribution in [0, 0.1) is 11.3 Å². The summed E-state index contributed by atoms with van der Waals surface area (Å²) in [5.41, 5.74) is 0.375. The standard InChI is InChI=1S/C13H14F2O3/c1-13(2)9(10(13)11(16)17)7-4-3-5-8(6-7)18-12(14)15/h3-6,9-10,12H,1-2H3,(H,16,17). The van der Waals surface area contributed by atoms with E-state index in [9.17, 15) is 13.6 Å². The van der Waals surface area contributed by atoms with Crippen LogP contribution in [-0.4, -0.2) is 17.7 Å². The molecule has 2 unspecified atom stereocenters. The number of halogens is 2. The zero-order valence-electron chi connectivity index (χ0n) is 10.1. The molecule has 1 aliphatic rings. The van der Waals surface area contributed by atoms with Crippen molar-refractivity contribution in [2.45, 2.75) is 26.4 Å². The Kier molecular flexibility index (Phi) is 3.00. The van der Waals surface area contributed by atoms with Gasteiger partial charge in [0.2, 0.25) is 0 Å². The number of benzene rings is 1. The highest BCUT2D eigenvalue weighted by Crippen LogP contribution is 2.64. The predicted octanol–water partition coefficient (Wildman–Crippen LogP) is 3.11. The number of hydrogen-bond acceptors (Lipinski definition) is 2. The smallest absolute Gasteiger partial charge is 0.387 e. The van der Waals surface area contributed by atoms with E-state index in [1.807, 2.05) is 13.8 Å². The maximum atomic E-state index is 12.1. The third-order valence-electron chi connectivity index (χ3n) is 3.54. The lowest BCUT2D eigenvalue weighted by atomic mass is 10.0. The SMILES string of the molecule is CC1(C)C(C(=O)O)C1c1cccc(OC(F)F)c1. The summed E-state index contributed by atoms with van der Waals surface area (Å²) in [7, 11) is 0. The van der Waals surface area contributed by atoms with E-state index in [4.69, 9.17) is 5.11 Å². The van der Waals surface area contributed by atoms with Crippen LogP contribution in [0.2, 0.25) is 0 Å². The highest BCUT2D eigenvalue weighted by atomic mass is 19.3. The van der Waals surface area contributed by atoms with E-state index >= 15 is 0 Å². The number of alkyl halides is 2. The van der Waals surface area contributed by atoms with Gasteiger partial charge in [-0.15, -0.1) is 0 Å². The predicted molar refractivity (Wildman–Crippen MR) is 60.7 cm³/mol. The van der Waals surface area contributed by atoms with Crippen molar-refractivity contribution < 1.29 is 23.4 Å². The molecule has 98 valence electrons. The fraction of sp³-hybridized carbons (Fsp3) is 0.462. The first-order valence-electron chi connectivity index (χ1n) is 5.61. The highest BCUT2D eigenvalue weighted by Gasteiger charge is 2.62. The van der Waals surface area contributed by atoms with Crippen molar-refractivity contribution in [1.29, 1.82) is 0 Å². The van der Waals surface area contributed by atoms with Crippen LogP contribution in [0.4, 0.5) is 8.78 Å². The van der Waals surface area contributed by atoms with Crippen molar-refractivity contribution in [3.8, 4) is 5.75 Å². The number of rotatable bonds is 4. The molecule has 0 spiro atoms. The first-order chi connectivity index (χ1) is 8.34. The first kappa shape index (κ1) is 12.8. The van der Waals surface area contributed by atoms with Gasteiger partial charge in [-0.25, -0.2) is 0 Å². The summed E-state index contributed by atoms with van der Waals surface area (Å²) in [6, 6.07) is 6.26. The molecule has 5 heteroatoms. The molecule has 2 rings (SSSR count). The molecule has 0 bridgehead atoms. The molecule has 1 saturated carbocycles. The summed E-state index contributed by atoms with van der Waals surface area (Å²) in [5.74, 6) is -1.42. The highest BCUT2D eigenvalue weighted by molar-refractivity contribution is 5.77. The van der Waals surface area contributed by atoms with E-state index in [-0.39, 0.29) is 17.1 Å². The molecule has 0 saturated heterocycles. The van der Waals surface area contributed by atoms with Crippen LogP contribution in [0.1, 0.15) is 25.3 Å². The molecular formula is C13H14F2O3. The molecule has 1 aliphatic carbocycles. The minimum Gasteiger partial charge on any atom is -0.481 e. The molecule has 3 nitrogen and oxygen atoms in total. The average molecular weight is 256 g/mol. The molecule has 0 heterocycles. The summed E-state index contributed by atoms with van der Waals surface area (Å²) < 4.78 is 28.5. The quantitative estimate of drug-likeness (QED) is 0.900. The molecule has 1 aromatic rings. The van der Waals surface area contributed by atoms with Crippen LogP contribution in [-0.2, 0) is 4.79 Å². The Morgan fingerprint density at radius 1 is 1.44 bits per heavy atom. The Labute approximate surface area is 103 Å². The number of carboxylic acid groups (broad SMARTS) is 1. The largest absolute Gasteiger partial charge is 0.481 e. The lowest BCUT2D eigenvalue weighted by Crippen LogP contribution is -2.03. The third-order valence-corrected chi connectivity index (χ3v) is 3.54. The maximum Gasteiger partial charge on any atom is 0.387 e. The van der Waals surface area contributed by atoms with Crippen molar-refractivity contribution in [2.75, 3.05) is 0 Å². The Hall–Kier alpha value is -1.65. The molecule has 0 aromatic heterocycles. The van der Waals surface area contributed by atoms with E-state index in [0.29, 0.717) is 0 Å². The molecule has 1 N–H and O–H groups in total. The van der Waals surface area contributed by atoms with Gasteiger partial charge in [-0.1, -0.05) is 26.0 Å². The minimum absolute atomic E-state index is 0.0642. The molecule has 0 radical (unpaired) electrons. The number of carbonyl (C=O) groups is 1. The number of hydrogen-bond donors (Lipinski definition) is 1. The molecule has 0 amide bonds. The van der Waals surface area contributed by atoms with E-state index < -0.39 is 18.5 Å². The second-order valence-electron chi connectivity index (χ2n) is 5.07. The van der Waals surface area contributed by atoms with Crippen molar-refractivity contribution in [1.82, 2.24) is 0 Å². The van der Waals surface area contributed by atoms with Gasteiger partial charge >= 0.3 is 12.6 Å². The zero-order chi connectivity index (χ0) is 13.5. The van der Waals surface area contributed by atoms with Gasteiger partial charge in [0.1, 0.15) is 5.75 Å². The topological polar surface area (TPSA) is 46.5 Å². The lowest BCUT2D eigenvalue weighted by molar-refractivity contribution is -0.139. The Balaban J connectivity index is 2.23. The lowest BCUT2D eigenvalue weighted by Gasteiger charge is -2.07. The van der Waals surface area contributed by atoms with Crippen molar-refractivity contribution >= 4 is 5.97 Å². The number of aliphatic carboxylic acids is 1. The van der Waals surface area contributed by atoms with Crippen molar-refractivity contribution in [2.24, 2.45) is 11.3 Å².